The average molecular weight is 256 g/mol. The summed E-state index contributed by atoms with van der Waals surface area (Å²) in [6.07, 6.45) is 0.309. The first kappa shape index (κ1) is 14.9. The maximum atomic E-state index is 11.7. The summed E-state index contributed by atoms with van der Waals surface area (Å²) in [6, 6.07) is -0.190. The van der Waals surface area contributed by atoms with Crippen LogP contribution < -0.4 is 21.3 Å². The van der Waals surface area contributed by atoms with Crippen LogP contribution in [0.3, 0.4) is 0 Å². The van der Waals surface area contributed by atoms with Gasteiger partial charge in [0.25, 0.3) is 0 Å². The molecule has 1 heterocycles. The molecule has 1 rings (SSSR count). The number of rotatable bonds is 4. The molecule has 1 fully saturated rings. The van der Waals surface area contributed by atoms with Gasteiger partial charge in [0.15, 0.2) is 0 Å². The van der Waals surface area contributed by atoms with Crippen molar-refractivity contribution < 1.29 is 9.59 Å². The van der Waals surface area contributed by atoms with Crippen LogP contribution in [0.1, 0.15) is 27.2 Å². The van der Waals surface area contributed by atoms with Crippen LogP contribution in [0.25, 0.3) is 0 Å². The van der Waals surface area contributed by atoms with Gasteiger partial charge in [-0.1, -0.05) is 0 Å². The van der Waals surface area contributed by atoms with Crippen LogP contribution in [0.4, 0.5) is 0 Å². The molecule has 4 N–H and O–H groups in total. The molecule has 0 saturated carbocycles. The predicted octanol–water partition coefficient (Wildman–Crippen LogP) is -1.03. The van der Waals surface area contributed by atoms with Gasteiger partial charge in [-0.15, -0.1) is 0 Å². The fourth-order valence-electron chi connectivity index (χ4n) is 1.74. The fraction of sp³-hybridized carbons (Fsp3) is 0.833. The Morgan fingerprint density at radius 1 is 1.28 bits per heavy atom. The SMILES string of the molecule is CC(C)(C)NC(=O)CCNC(=O)C1CNCCN1. The van der Waals surface area contributed by atoms with Gasteiger partial charge in [0.05, 0.1) is 6.04 Å². The van der Waals surface area contributed by atoms with E-state index in [2.05, 4.69) is 21.3 Å². The van der Waals surface area contributed by atoms with Gasteiger partial charge in [-0.3, -0.25) is 9.59 Å². The van der Waals surface area contributed by atoms with Crippen LogP contribution in [0, 0.1) is 0 Å². The Morgan fingerprint density at radius 2 is 2.00 bits per heavy atom. The summed E-state index contributed by atoms with van der Waals surface area (Å²) in [6.45, 7) is 8.49. The van der Waals surface area contributed by atoms with Gasteiger partial charge >= 0.3 is 0 Å². The van der Waals surface area contributed by atoms with Crippen molar-refractivity contribution >= 4 is 11.8 Å². The number of hydrogen-bond acceptors (Lipinski definition) is 4. The largest absolute Gasteiger partial charge is 0.354 e. The van der Waals surface area contributed by atoms with Crippen molar-refractivity contribution in [3.63, 3.8) is 0 Å². The van der Waals surface area contributed by atoms with Crippen LogP contribution in [-0.2, 0) is 9.59 Å². The van der Waals surface area contributed by atoms with Gasteiger partial charge in [-0.25, -0.2) is 0 Å². The molecule has 1 atom stereocenters. The summed E-state index contributed by atoms with van der Waals surface area (Å²) in [5.74, 6) is -0.0942. The summed E-state index contributed by atoms with van der Waals surface area (Å²) in [5.41, 5.74) is -0.226. The number of piperazine rings is 1. The van der Waals surface area contributed by atoms with Crippen molar-refractivity contribution in [3.8, 4) is 0 Å². The number of carbonyl (C=O) groups excluding carboxylic acids is 2. The highest BCUT2D eigenvalue weighted by molar-refractivity contribution is 5.83. The van der Waals surface area contributed by atoms with Crippen LogP contribution in [0.15, 0.2) is 0 Å². The van der Waals surface area contributed by atoms with Crippen LogP contribution in [0.2, 0.25) is 0 Å². The normalized spacial score (nSPS) is 20.3. The lowest BCUT2D eigenvalue weighted by molar-refractivity contribution is -0.124. The summed E-state index contributed by atoms with van der Waals surface area (Å²) in [7, 11) is 0. The predicted molar refractivity (Wildman–Crippen MR) is 70.2 cm³/mol. The molecule has 1 saturated heterocycles. The quantitative estimate of drug-likeness (QED) is 0.518. The lowest BCUT2D eigenvalue weighted by Crippen LogP contribution is -2.56. The summed E-state index contributed by atoms with van der Waals surface area (Å²) in [4.78, 5) is 23.2. The molecule has 1 aliphatic heterocycles. The molecule has 1 unspecified atom stereocenters. The second kappa shape index (κ2) is 6.70. The molecule has 0 bridgehead atoms. The Hall–Kier alpha value is -1.14. The average Bonchev–Trinajstić information content (AvgIpc) is 2.27. The molecule has 104 valence electrons. The first-order valence-electron chi connectivity index (χ1n) is 6.41. The molecule has 6 nitrogen and oxygen atoms in total. The van der Waals surface area contributed by atoms with E-state index in [-0.39, 0.29) is 23.4 Å². The first-order valence-corrected chi connectivity index (χ1v) is 6.41. The van der Waals surface area contributed by atoms with Crippen LogP contribution in [0.5, 0.6) is 0 Å². The van der Waals surface area contributed by atoms with E-state index in [9.17, 15) is 9.59 Å². The van der Waals surface area contributed by atoms with Crippen molar-refractivity contribution in [2.24, 2.45) is 0 Å². The number of hydrogen-bond donors (Lipinski definition) is 4. The highest BCUT2D eigenvalue weighted by Crippen LogP contribution is 1.98. The van der Waals surface area contributed by atoms with Crippen LogP contribution >= 0.6 is 0 Å². The molecule has 18 heavy (non-hydrogen) atoms. The highest BCUT2D eigenvalue weighted by Gasteiger charge is 2.20. The molecular formula is C12H24N4O2. The van der Waals surface area contributed by atoms with E-state index in [4.69, 9.17) is 0 Å². The van der Waals surface area contributed by atoms with Crippen molar-refractivity contribution in [1.29, 1.82) is 0 Å². The zero-order chi connectivity index (χ0) is 13.6. The van der Waals surface area contributed by atoms with Crippen molar-refractivity contribution in [2.45, 2.75) is 38.8 Å². The van der Waals surface area contributed by atoms with E-state index in [1.807, 2.05) is 20.8 Å². The summed E-state index contributed by atoms with van der Waals surface area (Å²) in [5, 5.41) is 11.9. The summed E-state index contributed by atoms with van der Waals surface area (Å²) >= 11 is 0. The topological polar surface area (TPSA) is 82.3 Å². The van der Waals surface area contributed by atoms with E-state index in [1.54, 1.807) is 0 Å². The summed E-state index contributed by atoms with van der Waals surface area (Å²) < 4.78 is 0. The van der Waals surface area contributed by atoms with Gasteiger partial charge < -0.3 is 21.3 Å². The maximum absolute atomic E-state index is 11.7. The minimum absolute atomic E-state index is 0.0440. The smallest absolute Gasteiger partial charge is 0.238 e. The third-order valence-electron chi connectivity index (χ3n) is 2.52. The molecule has 0 aliphatic carbocycles. The first-order chi connectivity index (χ1) is 8.38. The van der Waals surface area contributed by atoms with E-state index < -0.39 is 0 Å². The number of nitrogens with one attached hydrogen (secondary N) is 4. The molecule has 0 aromatic rings. The zero-order valence-electron chi connectivity index (χ0n) is 11.4. The van der Waals surface area contributed by atoms with Gasteiger partial charge in [0.1, 0.15) is 0 Å². The third kappa shape index (κ3) is 5.97. The molecule has 0 radical (unpaired) electrons. The molecule has 0 aromatic carbocycles. The Morgan fingerprint density at radius 3 is 2.56 bits per heavy atom. The van der Waals surface area contributed by atoms with E-state index >= 15 is 0 Å². The zero-order valence-corrected chi connectivity index (χ0v) is 11.4. The van der Waals surface area contributed by atoms with Crippen molar-refractivity contribution in [2.75, 3.05) is 26.2 Å². The van der Waals surface area contributed by atoms with Crippen molar-refractivity contribution in [3.05, 3.63) is 0 Å². The minimum Gasteiger partial charge on any atom is -0.354 e. The highest BCUT2D eigenvalue weighted by atomic mass is 16.2. The van der Waals surface area contributed by atoms with E-state index in [0.29, 0.717) is 19.5 Å². The molecule has 0 spiro atoms. The Labute approximate surface area is 108 Å². The number of amides is 2. The second-order valence-electron chi connectivity index (χ2n) is 5.55. The lowest BCUT2D eigenvalue weighted by atomic mass is 10.1. The van der Waals surface area contributed by atoms with Crippen LogP contribution in [-0.4, -0.2) is 49.6 Å². The van der Waals surface area contributed by atoms with Gasteiger partial charge in [0.2, 0.25) is 11.8 Å². The minimum atomic E-state index is -0.226. The monoisotopic (exact) mass is 256 g/mol. The third-order valence-corrected chi connectivity index (χ3v) is 2.52. The Kier molecular flexibility index (Phi) is 5.55. The Balaban J connectivity index is 2.17. The van der Waals surface area contributed by atoms with Gasteiger partial charge in [-0.05, 0) is 20.8 Å². The van der Waals surface area contributed by atoms with E-state index in [1.165, 1.54) is 0 Å². The molecule has 6 heteroatoms. The van der Waals surface area contributed by atoms with E-state index in [0.717, 1.165) is 13.1 Å². The molecule has 0 aromatic heterocycles. The fourth-order valence-corrected chi connectivity index (χ4v) is 1.74. The molecule has 1 aliphatic rings. The maximum Gasteiger partial charge on any atom is 0.238 e. The molecule has 2 amide bonds. The second-order valence-corrected chi connectivity index (χ2v) is 5.55. The van der Waals surface area contributed by atoms with Crippen molar-refractivity contribution in [1.82, 2.24) is 21.3 Å². The lowest BCUT2D eigenvalue weighted by Gasteiger charge is -2.24. The standard InChI is InChI=1S/C12H24N4O2/c1-12(2,3)16-10(17)4-5-15-11(18)9-8-13-6-7-14-9/h9,13-14H,4-8H2,1-3H3,(H,15,18)(H,16,17). The van der Waals surface area contributed by atoms with Gasteiger partial charge in [0, 0.05) is 38.1 Å². The Bertz CT molecular complexity index is 293. The number of carbonyl (C=O) groups is 2. The molecular weight excluding hydrogens is 232 g/mol. The van der Waals surface area contributed by atoms with Gasteiger partial charge in [-0.2, -0.15) is 0 Å².